The van der Waals surface area contributed by atoms with Gasteiger partial charge in [-0.25, -0.2) is 4.79 Å². The molecule has 1 N–H and O–H groups in total. The van der Waals surface area contributed by atoms with Crippen LogP contribution in [0.15, 0.2) is 89.6 Å². The van der Waals surface area contributed by atoms with E-state index < -0.39 is 23.7 Å². The predicted molar refractivity (Wildman–Crippen MR) is 126 cm³/mol. The molecule has 1 saturated heterocycles. The van der Waals surface area contributed by atoms with E-state index in [4.69, 9.17) is 13.9 Å². The van der Waals surface area contributed by atoms with E-state index in [1.807, 2.05) is 0 Å². The number of Topliss-reactive ketones (excluding diaryl/α,β-unsaturated/α-hetero) is 1. The number of aliphatic hydroxyl groups excluding tert-OH is 1. The first kappa shape index (κ1) is 23.6. The topological polar surface area (TPSA) is 106 Å². The molecular formula is C27H23NO7. The van der Waals surface area contributed by atoms with Crippen LogP contribution in [0.2, 0.25) is 0 Å². The van der Waals surface area contributed by atoms with Gasteiger partial charge in [0.1, 0.15) is 23.9 Å². The molecule has 4 rings (SSSR count). The number of aliphatic hydroxyl groups is 1. The van der Waals surface area contributed by atoms with E-state index in [1.165, 1.54) is 18.3 Å². The summed E-state index contributed by atoms with van der Waals surface area (Å²) in [5.74, 6) is -1.37. The summed E-state index contributed by atoms with van der Waals surface area (Å²) in [6.07, 6.45) is 3.09. The molecule has 0 radical (unpaired) electrons. The lowest BCUT2D eigenvalue weighted by atomic mass is 9.94. The van der Waals surface area contributed by atoms with Crippen LogP contribution in [0.3, 0.4) is 0 Å². The molecule has 1 fully saturated rings. The van der Waals surface area contributed by atoms with E-state index in [1.54, 1.807) is 66.7 Å². The largest absolute Gasteiger partial charge is 0.507 e. The van der Waals surface area contributed by atoms with Crippen molar-refractivity contribution in [2.45, 2.75) is 12.6 Å². The Morgan fingerprint density at radius 1 is 1.09 bits per heavy atom. The quantitative estimate of drug-likeness (QED) is 0.171. The Morgan fingerprint density at radius 3 is 2.37 bits per heavy atom. The second kappa shape index (κ2) is 10.1. The molecule has 1 atom stereocenters. The summed E-state index contributed by atoms with van der Waals surface area (Å²) >= 11 is 0. The van der Waals surface area contributed by atoms with E-state index in [9.17, 15) is 19.5 Å². The van der Waals surface area contributed by atoms with Crippen LogP contribution in [0.4, 0.5) is 0 Å². The number of ether oxygens (including phenoxy) is 2. The molecule has 1 unspecified atom stereocenters. The first-order chi connectivity index (χ1) is 16.9. The Kier molecular flexibility index (Phi) is 6.82. The lowest BCUT2D eigenvalue weighted by molar-refractivity contribution is -0.140. The van der Waals surface area contributed by atoms with Crippen LogP contribution < -0.4 is 4.74 Å². The molecule has 0 spiro atoms. The number of rotatable bonds is 8. The van der Waals surface area contributed by atoms with Gasteiger partial charge in [0.25, 0.3) is 11.7 Å². The van der Waals surface area contributed by atoms with Gasteiger partial charge in [0.05, 0.1) is 37.1 Å². The molecule has 8 nitrogen and oxygen atoms in total. The van der Waals surface area contributed by atoms with Crippen molar-refractivity contribution in [3.8, 4) is 5.75 Å². The second-order valence-corrected chi connectivity index (χ2v) is 7.74. The molecule has 2 aromatic carbocycles. The third-order valence-corrected chi connectivity index (χ3v) is 5.59. The summed E-state index contributed by atoms with van der Waals surface area (Å²) in [6, 6.07) is 15.3. The number of carbonyl (C=O) groups is 3. The molecule has 2 heterocycles. The average Bonchev–Trinajstić information content (AvgIpc) is 3.49. The van der Waals surface area contributed by atoms with Gasteiger partial charge in [-0.15, -0.1) is 0 Å². The van der Waals surface area contributed by atoms with Crippen molar-refractivity contribution in [2.75, 3.05) is 13.7 Å². The number of benzene rings is 2. The average molecular weight is 473 g/mol. The Balaban J connectivity index is 1.78. The molecule has 1 aromatic heterocycles. The van der Waals surface area contributed by atoms with E-state index in [0.29, 0.717) is 34.8 Å². The van der Waals surface area contributed by atoms with Crippen LogP contribution in [-0.4, -0.2) is 41.4 Å². The normalized spacial score (nSPS) is 16.8. The summed E-state index contributed by atoms with van der Waals surface area (Å²) in [6.45, 7) is 3.95. The van der Waals surface area contributed by atoms with E-state index in [0.717, 1.165) is 0 Å². The van der Waals surface area contributed by atoms with Gasteiger partial charge in [-0.1, -0.05) is 24.8 Å². The molecule has 178 valence electrons. The standard InChI is InChI=1S/C27H23NO7/c1-3-14-34-20-12-10-18(11-13-20)24(29)22-23(17-6-8-19(9-7-17)27(32)33-2)28(26(31)25(22)30)16-21-5-4-15-35-21/h3-13,15,23,29H,1,14,16H2,2H3. The summed E-state index contributed by atoms with van der Waals surface area (Å²) in [5, 5.41) is 11.2. The zero-order chi connectivity index (χ0) is 24.9. The molecule has 0 saturated carbocycles. The first-order valence-electron chi connectivity index (χ1n) is 10.8. The fourth-order valence-electron chi connectivity index (χ4n) is 3.90. The molecule has 8 heteroatoms. The number of esters is 1. The highest BCUT2D eigenvalue weighted by Crippen LogP contribution is 2.40. The number of furan rings is 1. The van der Waals surface area contributed by atoms with Crippen molar-refractivity contribution in [3.63, 3.8) is 0 Å². The van der Waals surface area contributed by atoms with Crippen molar-refractivity contribution in [1.82, 2.24) is 4.90 Å². The number of amides is 1. The van der Waals surface area contributed by atoms with Gasteiger partial charge in [0.15, 0.2) is 0 Å². The second-order valence-electron chi connectivity index (χ2n) is 7.74. The lowest BCUT2D eigenvalue weighted by Crippen LogP contribution is -2.29. The van der Waals surface area contributed by atoms with Gasteiger partial charge < -0.3 is 23.9 Å². The van der Waals surface area contributed by atoms with E-state index in [2.05, 4.69) is 6.58 Å². The van der Waals surface area contributed by atoms with Crippen molar-refractivity contribution >= 4 is 23.4 Å². The van der Waals surface area contributed by atoms with Crippen LogP contribution in [0.25, 0.3) is 5.76 Å². The maximum atomic E-state index is 13.1. The lowest BCUT2D eigenvalue weighted by Gasteiger charge is -2.24. The van der Waals surface area contributed by atoms with Gasteiger partial charge in [0, 0.05) is 5.56 Å². The SMILES string of the molecule is C=CCOc1ccc(C(O)=C2C(=O)C(=O)N(Cc3ccco3)C2c2ccc(C(=O)OC)cc2)cc1. The molecule has 1 amide bonds. The highest BCUT2D eigenvalue weighted by atomic mass is 16.5. The zero-order valence-electron chi connectivity index (χ0n) is 19.0. The number of hydrogen-bond acceptors (Lipinski definition) is 7. The smallest absolute Gasteiger partial charge is 0.337 e. The molecule has 0 bridgehead atoms. The third kappa shape index (κ3) is 4.72. The first-order valence-corrected chi connectivity index (χ1v) is 10.8. The molecule has 1 aliphatic rings. The van der Waals surface area contributed by atoms with Crippen molar-refractivity contribution < 1.29 is 33.4 Å². The van der Waals surface area contributed by atoms with Crippen molar-refractivity contribution in [2.24, 2.45) is 0 Å². The van der Waals surface area contributed by atoms with Gasteiger partial charge in [-0.3, -0.25) is 9.59 Å². The molecular weight excluding hydrogens is 450 g/mol. The van der Waals surface area contributed by atoms with Crippen molar-refractivity contribution in [3.05, 3.63) is 108 Å². The molecule has 1 aliphatic heterocycles. The Morgan fingerprint density at radius 2 is 1.77 bits per heavy atom. The Hall–Kier alpha value is -4.59. The third-order valence-electron chi connectivity index (χ3n) is 5.59. The predicted octanol–water partition coefficient (Wildman–Crippen LogP) is 4.25. The highest BCUT2D eigenvalue weighted by molar-refractivity contribution is 6.46. The van der Waals surface area contributed by atoms with Crippen LogP contribution in [0.5, 0.6) is 5.75 Å². The van der Waals surface area contributed by atoms with Gasteiger partial charge in [-0.2, -0.15) is 0 Å². The number of carbonyl (C=O) groups excluding carboxylic acids is 3. The summed E-state index contributed by atoms with van der Waals surface area (Å²) in [5.41, 5.74) is 1.14. The minimum Gasteiger partial charge on any atom is -0.507 e. The minimum absolute atomic E-state index is 0.0199. The van der Waals surface area contributed by atoms with E-state index >= 15 is 0 Å². The van der Waals surface area contributed by atoms with Crippen LogP contribution in [-0.2, 0) is 20.9 Å². The number of methoxy groups -OCH3 is 1. The zero-order valence-corrected chi connectivity index (χ0v) is 19.0. The van der Waals surface area contributed by atoms with Gasteiger partial charge >= 0.3 is 5.97 Å². The highest BCUT2D eigenvalue weighted by Gasteiger charge is 2.46. The molecule has 3 aromatic rings. The maximum Gasteiger partial charge on any atom is 0.337 e. The fourth-order valence-corrected chi connectivity index (χ4v) is 3.90. The number of hydrogen-bond donors (Lipinski definition) is 1. The molecule has 35 heavy (non-hydrogen) atoms. The fraction of sp³-hybridized carbons (Fsp3) is 0.148. The maximum absolute atomic E-state index is 13.1. The van der Waals surface area contributed by atoms with Crippen LogP contribution in [0.1, 0.15) is 33.3 Å². The van der Waals surface area contributed by atoms with E-state index in [-0.39, 0.29) is 17.9 Å². The number of ketones is 1. The van der Waals surface area contributed by atoms with Crippen LogP contribution in [0, 0.1) is 0 Å². The summed E-state index contributed by atoms with van der Waals surface area (Å²) in [4.78, 5) is 39.4. The minimum atomic E-state index is -0.900. The van der Waals surface area contributed by atoms with Gasteiger partial charge in [0.2, 0.25) is 0 Å². The number of likely N-dealkylation sites (tertiary alicyclic amines) is 1. The Bertz CT molecular complexity index is 1270. The van der Waals surface area contributed by atoms with Gasteiger partial charge in [-0.05, 0) is 54.1 Å². The monoisotopic (exact) mass is 473 g/mol. The summed E-state index contributed by atoms with van der Waals surface area (Å²) < 4.78 is 15.6. The molecule has 0 aliphatic carbocycles. The Labute approximate surface area is 201 Å². The van der Waals surface area contributed by atoms with Crippen LogP contribution >= 0.6 is 0 Å². The van der Waals surface area contributed by atoms with Crippen molar-refractivity contribution in [1.29, 1.82) is 0 Å². The number of nitrogens with zero attached hydrogens (tertiary/aromatic N) is 1. The summed E-state index contributed by atoms with van der Waals surface area (Å²) in [7, 11) is 1.28.